The number of nitrogens with zero attached hydrogens (tertiary/aromatic N) is 5. The fourth-order valence-corrected chi connectivity index (χ4v) is 3.34. The van der Waals surface area contributed by atoms with Gasteiger partial charge in [0.15, 0.2) is 9.84 Å². The Morgan fingerprint density at radius 3 is 2.70 bits per heavy atom. The van der Waals surface area contributed by atoms with Crippen LogP contribution < -0.4 is 5.32 Å². The molecule has 0 unspecified atom stereocenters. The first-order valence-electron chi connectivity index (χ1n) is 8.12. The Kier molecular flexibility index (Phi) is 4.28. The second-order valence-corrected chi connectivity index (χ2v) is 8.10. The fourth-order valence-electron chi connectivity index (χ4n) is 2.69. The third-order valence-corrected chi connectivity index (χ3v) is 5.14. The van der Waals surface area contributed by atoms with Gasteiger partial charge in [-0.2, -0.15) is 5.10 Å². The minimum atomic E-state index is -3.32. The molecule has 0 bridgehead atoms. The van der Waals surface area contributed by atoms with Gasteiger partial charge in [-0.3, -0.25) is 9.67 Å². The molecule has 0 fully saturated rings. The van der Waals surface area contributed by atoms with E-state index in [-0.39, 0.29) is 4.90 Å². The van der Waals surface area contributed by atoms with Crippen LogP contribution in [0.2, 0.25) is 0 Å². The predicted molar refractivity (Wildman–Crippen MR) is 101 cm³/mol. The van der Waals surface area contributed by atoms with Gasteiger partial charge in [-0.05, 0) is 35.9 Å². The molecule has 3 heterocycles. The van der Waals surface area contributed by atoms with Crippen molar-refractivity contribution in [3.8, 4) is 0 Å². The molecule has 0 spiro atoms. The first-order valence-corrected chi connectivity index (χ1v) is 10.0. The third-order valence-electron chi connectivity index (χ3n) is 4.02. The lowest BCUT2D eigenvalue weighted by molar-refractivity contribution is 0.602. The van der Waals surface area contributed by atoms with Crippen LogP contribution >= 0.6 is 0 Å². The van der Waals surface area contributed by atoms with E-state index in [0.29, 0.717) is 23.3 Å². The molecule has 0 saturated heterocycles. The number of pyridine rings is 1. The minimum absolute atomic E-state index is 0.223. The van der Waals surface area contributed by atoms with E-state index in [1.165, 1.54) is 12.6 Å². The number of fused-ring (bicyclic) bond motifs is 1. The monoisotopic (exact) mass is 380 g/mol. The summed E-state index contributed by atoms with van der Waals surface area (Å²) < 4.78 is 25.5. The van der Waals surface area contributed by atoms with Crippen molar-refractivity contribution < 1.29 is 8.42 Å². The van der Waals surface area contributed by atoms with Crippen LogP contribution in [0.1, 0.15) is 5.56 Å². The molecule has 8 nitrogen and oxygen atoms in total. The smallest absolute Gasteiger partial charge is 0.175 e. The van der Waals surface area contributed by atoms with Crippen molar-refractivity contribution >= 4 is 32.2 Å². The van der Waals surface area contributed by atoms with E-state index in [2.05, 4.69) is 25.4 Å². The number of aromatic nitrogens is 5. The van der Waals surface area contributed by atoms with Crippen molar-refractivity contribution in [3.05, 3.63) is 67.0 Å². The Morgan fingerprint density at radius 2 is 1.93 bits per heavy atom. The lowest BCUT2D eigenvalue weighted by Crippen LogP contribution is -2.00. The molecule has 0 aliphatic rings. The highest BCUT2D eigenvalue weighted by Crippen LogP contribution is 2.25. The van der Waals surface area contributed by atoms with Crippen LogP contribution in [0, 0.1) is 0 Å². The molecular formula is C18H16N6O2S. The summed E-state index contributed by atoms with van der Waals surface area (Å²) >= 11 is 0. The molecule has 1 N–H and O–H groups in total. The Bertz CT molecular complexity index is 1200. The van der Waals surface area contributed by atoms with Crippen molar-refractivity contribution in [2.24, 2.45) is 0 Å². The Labute approximate surface area is 155 Å². The lowest BCUT2D eigenvalue weighted by Gasteiger charge is -2.07. The number of sulfone groups is 1. The van der Waals surface area contributed by atoms with Crippen LogP contribution in [0.25, 0.3) is 10.9 Å². The maximum Gasteiger partial charge on any atom is 0.175 e. The molecule has 0 saturated carbocycles. The van der Waals surface area contributed by atoms with Crippen LogP contribution in [-0.4, -0.2) is 39.4 Å². The van der Waals surface area contributed by atoms with E-state index in [0.717, 1.165) is 11.3 Å². The molecule has 4 rings (SSSR count). The molecule has 136 valence electrons. The van der Waals surface area contributed by atoms with E-state index < -0.39 is 9.84 Å². The number of hydrogen-bond donors (Lipinski definition) is 1. The predicted octanol–water partition coefficient (Wildman–Crippen LogP) is 2.42. The second-order valence-electron chi connectivity index (χ2n) is 6.08. The molecule has 0 amide bonds. The van der Waals surface area contributed by atoms with E-state index in [1.807, 2.05) is 18.3 Å². The zero-order valence-electron chi connectivity index (χ0n) is 14.4. The number of nitrogens with one attached hydrogen (secondary N) is 1. The molecule has 4 aromatic rings. The Morgan fingerprint density at radius 1 is 1.11 bits per heavy atom. The van der Waals surface area contributed by atoms with Crippen LogP contribution in [0.5, 0.6) is 0 Å². The number of rotatable bonds is 5. The first kappa shape index (κ1) is 17.1. The topological polar surface area (TPSA) is 103 Å². The molecular weight excluding hydrogens is 364 g/mol. The third kappa shape index (κ3) is 3.77. The van der Waals surface area contributed by atoms with Crippen LogP contribution in [0.3, 0.4) is 0 Å². The zero-order chi connectivity index (χ0) is 18.9. The van der Waals surface area contributed by atoms with Gasteiger partial charge in [0.25, 0.3) is 0 Å². The summed E-state index contributed by atoms with van der Waals surface area (Å²) in [5.41, 5.74) is 2.49. The highest BCUT2D eigenvalue weighted by atomic mass is 32.2. The summed E-state index contributed by atoms with van der Waals surface area (Å²) in [7, 11) is -3.32. The van der Waals surface area contributed by atoms with E-state index in [4.69, 9.17) is 0 Å². The van der Waals surface area contributed by atoms with Crippen molar-refractivity contribution in [1.29, 1.82) is 0 Å². The molecule has 27 heavy (non-hydrogen) atoms. The average molecular weight is 380 g/mol. The zero-order valence-corrected chi connectivity index (χ0v) is 15.3. The van der Waals surface area contributed by atoms with Crippen molar-refractivity contribution in [3.63, 3.8) is 0 Å². The number of hydrogen-bond acceptors (Lipinski definition) is 7. The van der Waals surface area contributed by atoms with Crippen molar-refractivity contribution in [2.75, 3.05) is 11.6 Å². The summed E-state index contributed by atoms with van der Waals surface area (Å²) in [6, 6.07) is 8.65. The summed E-state index contributed by atoms with van der Waals surface area (Å²) in [6.45, 7) is 0.618. The van der Waals surface area contributed by atoms with Gasteiger partial charge in [-0.1, -0.05) is 0 Å². The van der Waals surface area contributed by atoms with Gasteiger partial charge in [0, 0.05) is 30.2 Å². The summed E-state index contributed by atoms with van der Waals surface area (Å²) in [5, 5.41) is 8.16. The van der Waals surface area contributed by atoms with Gasteiger partial charge in [0.2, 0.25) is 0 Å². The van der Waals surface area contributed by atoms with Crippen molar-refractivity contribution in [2.45, 2.75) is 11.4 Å². The normalized spacial score (nSPS) is 11.6. The molecule has 0 aliphatic carbocycles. The summed E-state index contributed by atoms with van der Waals surface area (Å²) in [6.07, 6.45) is 9.64. The fraction of sp³-hybridized carbons (Fsp3) is 0.111. The number of benzene rings is 1. The largest absolute Gasteiger partial charge is 0.337 e. The molecule has 3 aromatic heterocycles. The highest BCUT2D eigenvalue weighted by Gasteiger charge is 2.12. The molecule has 0 aliphatic heterocycles. The van der Waals surface area contributed by atoms with Gasteiger partial charge >= 0.3 is 0 Å². The highest BCUT2D eigenvalue weighted by molar-refractivity contribution is 7.90. The maximum atomic E-state index is 11.8. The number of anilines is 2. The lowest BCUT2D eigenvalue weighted by atomic mass is 10.2. The van der Waals surface area contributed by atoms with Gasteiger partial charge in [-0.15, -0.1) is 0 Å². The van der Waals surface area contributed by atoms with Gasteiger partial charge < -0.3 is 5.32 Å². The SMILES string of the molecule is CS(=O)(=O)c1ccc2ncnc(Nc3cnn(Cc4ccncc4)c3)c2c1. The van der Waals surface area contributed by atoms with Gasteiger partial charge in [0.1, 0.15) is 12.1 Å². The minimum Gasteiger partial charge on any atom is -0.337 e. The molecule has 9 heteroatoms. The van der Waals surface area contributed by atoms with Crippen molar-refractivity contribution in [1.82, 2.24) is 24.7 Å². The standard InChI is InChI=1S/C18H16N6O2S/c1-27(25,26)15-2-3-17-16(8-15)18(21-12-20-17)23-14-9-22-24(11-14)10-13-4-6-19-7-5-13/h2-9,11-12H,10H2,1H3,(H,20,21,23). The van der Waals surface area contributed by atoms with E-state index >= 15 is 0 Å². The molecule has 1 aromatic carbocycles. The van der Waals surface area contributed by atoms with E-state index in [1.54, 1.807) is 41.5 Å². The summed E-state index contributed by atoms with van der Waals surface area (Å²) in [5.74, 6) is 0.522. The Balaban J connectivity index is 1.64. The second kappa shape index (κ2) is 6.76. The van der Waals surface area contributed by atoms with Gasteiger partial charge in [0.05, 0.1) is 28.8 Å². The maximum absolute atomic E-state index is 11.8. The average Bonchev–Trinajstić information content (AvgIpc) is 3.08. The molecule has 0 radical (unpaired) electrons. The quantitative estimate of drug-likeness (QED) is 0.567. The van der Waals surface area contributed by atoms with Crippen LogP contribution in [0.15, 0.2) is 66.3 Å². The Hall–Kier alpha value is -3.33. The van der Waals surface area contributed by atoms with Crippen LogP contribution in [-0.2, 0) is 16.4 Å². The van der Waals surface area contributed by atoms with Crippen LogP contribution in [0.4, 0.5) is 11.5 Å². The van der Waals surface area contributed by atoms with Gasteiger partial charge in [-0.25, -0.2) is 18.4 Å². The summed E-state index contributed by atoms with van der Waals surface area (Å²) in [4.78, 5) is 12.7. The first-order chi connectivity index (χ1) is 13.0. The molecule has 0 atom stereocenters. The van der Waals surface area contributed by atoms with E-state index in [9.17, 15) is 8.42 Å².